The summed E-state index contributed by atoms with van der Waals surface area (Å²) in [4.78, 5) is 22.5. The van der Waals surface area contributed by atoms with Crippen LogP contribution in [0.4, 0.5) is 15.8 Å². The summed E-state index contributed by atoms with van der Waals surface area (Å²) in [5, 5.41) is 13.5. The zero-order chi connectivity index (χ0) is 18.9. The van der Waals surface area contributed by atoms with Gasteiger partial charge in [-0.25, -0.2) is 4.39 Å². The Balaban J connectivity index is 2.12. The number of methoxy groups -OCH3 is 1. The van der Waals surface area contributed by atoms with E-state index in [1.807, 2.05) is 0 Å². The van der Waals surface area contributed by atoms with E-state index in [9.17, 15) is 19.3 Å². The van der Waals surface area contributed by atoms with E-state index in [1.54, 1.807) is 6.07 Å². The predicted octanol–water partition coefficient (Wildman–Crippen LogP) is 3.41. The van der Waals surface area contributed by atoms with Gasteiger partial charge < -0.3 is 14.8 Å². The van der Waals surface area contributed by atoms with Crippen LogP contribution in [0, 0.1) is 15.9 Å². The summed E-state index contributed by atoms with van der Waals surface area (Å²) < 4.78 is 23.8. The Morgan fingerprint density at radius 1 is 1.27 bits per heavy atom. The molecule has 2 rings (SSSR count). The Morgan fingerprint density at radius 3 is 2.77 bits per heavy atom. The van der Waals surface area contributed by atoms with Crippen LogP contribution in [0.25, 0.3) is 6.08 Å². The van der Waals surface area contributed by atoms with Crippen LogP contribution in [0.5, 0.6) is 5.75 Å². The third-order valence-electron chi connectivity index (χ3n) is 3.29. The number of nitro groups is 1. The van der Waals surface area contributed by atoms with Crippen molar-refractivity contribution in [2.45, 2.75) is 0 Å². The number of ether oxygens (including phenoxy) is 2. The Bertz CT molecular complexity index is 823. The van der Waals surface area contributed by atoms with Crippen molar-refractivity contribution >= 4 is 23.4 Å². The number of halogens is 1. The highest BCUT2D eigenvalue weighted by Gasteiger charge is 2.11. The average Bonchev–Trinajstić information content (AvgIpc) is 2.62. The Morgan fingerprint density at radius 2 is 2.04 bits per heavy atom. The van der Waals surface area contributed by atoms with Gasteiger partial charge in [0, 0.05) is 25.3 Å². The molecule has 2 aromatic carbocycles. The number of amides is 1. The number of anilines is 1. The number of para-hydroxylation sites is 1. The highest BCUT2D eigenvalue weighted by atomic mass is 19.1. The van der Waals surface area contributed by atoms with Crippen LogP contribution >= 0.6 is 0 Å². The van der Waals surface area contributed by atoms with Gasteiger partial charge in [-0.2, -0.15) is 0 Å². The van der Waals surface area contributed by atoms with Crippen LogP contribution in [-0.4, -0.2) is 31.2 Å². The van der Waals surface area contributed by atoms with E-state index in [2.05, 4.69) is 5.32 Å². The van der Waals surface area contributed by atoms with Crippen LogP contribution < -0.4 is 10.1 Å². The predicted molar refractivity (Wildman–Crippen MR) is 94.5 cm³/mol. The molecule has 2 aromatic rings. The van der Waals surface area contributed by atoms with Crippen LogP contribution in [0.1, 0.15) is 5.56 Å². The highest BCUT2D eigenvalue weighted by molar-refractivity contribution is 6.03. The third kappa shape index (κ3) is 5.38. The number of nitro benzene ring substituents is 1. The van der Waals surface area contributed by atoms with Gasteiger partial charge in [0.2, 0.25) is 5.91 Å². The second-order valence-corrected chi connectivity index (χ2v) is 5.12. The summed E-state index contributed by atoms with van der Waals surface area (Å²) in [5.74, 6) is -0.830. The van der Waals surface area contributed by atoms with Crippen molar-refractivity contribution in [1.82, 2.24) is 0 Å². The van der Waals surface area contributed by atoms with Gasteiger partial charge in [0.25, 0.3) is 5.69 Å². The maximum atomic E-state index is 13.5. The minimum absolute atomic E-state index is 0.120. The first-order valence-corrected chi connectivity index (χ1v) is 7.65. The van der Waals surface area contributed by atoms with Gasteiger partial charge in [-0.3, -0.25) is 14.9 Å². The average molecular weight is 360 g/mol. The smallest absolute Gasteiger partial charge is 0.276 e. The summed E-state index contributed by atoms with van der Waals surface area (Å²) >= 11 is 0. The lowest BCUT2D eigenvalue weighted by Crippen LogP contribution is -2.11. The molecule has 0 unspecified atom stereocenters. The van der Waals surface area contributed by atoms with Crippen molar-refractivity contribution in [2.24, 2.45) is 0 Å². The minimum Gasteiger partial charge on any atom is -0.489 e. The van der Waals surface area contributed by atoms with Crippen molar-refractivity contribution in [2.75, 3.05) is 25.6 Å². The number of hydrogen-bond acceptors (Lipinski definition) is 5. The molecule has 0 spiro atoms. The van der Waals surface area contributed by atoms with Crippen molar-refractivity contribution in [3.63, 3.8) is 0 Å². The van der Waals surface area contributed by atoms with Crippen molar-refractivity contribution < 1.29 is 23.6 Å². The van der Waals surface area contributed by atoms with E-state index < -0.39 is 16.6 Å². The topological polar surface area (TPSA) is 90.7 Å². The molecule has 136 valence electrons. The van der Waals surface area contributed by atoms with Gasteiger partial charge in [0.1, 0.15) is 18.2 Å². The molecule has 0 aliphatic rings. The zero-order valence-electron chi connectivity index (χ0n) is 14.0. The van der Waals surface area contributed by atoms with Crippen LogP contribution in [0.15, 0.2) is 48.5 Å². The summed E-state index contributed by atoms with van der Waals surface area (Å²) in [6.45, 7) is 0.569. The lowest BCUT2D eigenvalue weighted by atomic mass is 10.1. The second kappa shape index (κ2) is 9.28. The number of hydrogen-bond donors (Lipinski definition) is 1. The van der Waals surface area contributed by atoms with Crippen molar-refractivity contribution in [3.05, 3.63) is 70.0 Å². The Labute approximate surface area is 149 Å². The molecule has 0 saturated heterocycles. The molecular weight excluding hydrogens is 343 g/mol. The maximum absolute atomic E-state index is 13.5. The molecule has 1 amide bonds. The molecule has 1 N–H and O–H groups in total. The molecule has 0 saturated carbocycles. The van der Waals surface area contributed by atoms with E-state index in [0.29, 0.717) is 6.61 Å². The fraction of sp³-hybridized carbons (Fsp3) is 0.167. The highest BCUT2D eigenvalue weighted by Crippen LogP contribution is 2.25. The Kier molecular flexibility index (Phi) is 6.81. The number of nitrogens with one attached hydrogen (secondary N) is 1. The third-order valence-corrected chi connectivity index (χ3v) is 3.29. The standard InChI is InChI=1S/C18H17FN2O5/c1-25-10-11-26-17-8-7-14(19)12-15(17)20-18(22)9-6-13-4-2-3-5-16(13)21(23)24/h2-9,12H,10-11H2,1H3,(H,20,22)/b9-6+. The molecular formula is C18H17FN2O5. The Hall–Kier alpha value is -3.26. The number of nitrogens with zero attached hydrogens (tertiary/aromatic N) is 1. The van der Waals surface area contributed by atoms with Crippen molar-refractivity contribution in [1.29, 1.82) is 0 Å². The fourth-order valence-electron chi connectivity index (χ4n) is 2.10. The van der Waals surface area contributed by atoms with Gasteiger partial charge in [-0.15, -0.1) is 0 Å². The molecule has 0 radical (unpaired) electrons. The zero-order valence-corrected chi connectivity index (χ0v) is 14.0. The van der Waals surface area contributed by atoms with Crippen molar-refractivity contribution in [3.8, 4) is 5.75 Å². The van der Waals surface area contributed by atoms with E-state index in [-0.39, 0.29) is 29.3 Å². The SMILES string of the molecule is COCCOc1ccc(F)cc1NC(=O)/C=C/c1ccccc1[N+](=O)[O-]. The van der Waals surface area contributed by atoms with Crippen LogP contribution in [0.3, 0.4) is 0 Å². The molecule has 0 aliphatic carbocycles. The molecule has 0 aromatic heterocycles. The van der Waals surface area contributed by atoms with Crippen LogP contribution in [0.2, 0.25) is 0 Å². The molecule has 0 aliphatic heterocycles. The number of carbonyl (C=O) groups is 1. The quantitative estimate of drug-likeness (QED) is 0.337. The lowest BCUT2D eigenvalue weighted by Gasteiger charge is -2.11. The van der Waals surface area contributed by atoms with Gasteiger partial charge in [-0.05, 0) is 24.3 Å². The number of rotatable bonds is 8. The van der Waals surface area contributed by atoms with E-state index in [4.69, 9.17) is 9.47 Å². The van der Waals surface area contributed by atoms with Gasteiger partial charge in [-0.1, -0.05) is 12.1 Å². The number of benzene rings is 2. The second-order valence-electron chi connectivity index (χ2n) is 5.12. The summed E-state index contributed by atoms with van der Waals surface area (Å²) in [6, 6.07) is 9.74. The molecule has 7 nitrogen and oxygen atoms in total. The molecule has 0 fully saturated rings. The first-order valence-electron chi connectivity index (χ1n) is 7.65. The minimum atomic E-state index is -0.578. The lowest BCUT2D eigenvalue weighted by molar-refractivity contribution is -0.385. The van der Waals surface area contributed by atoms with Gasteiger partial charge in [0.05, 0.1) is 22.8 Å². The summed E-state index contributed by atoms with van der Waals surface area (Å²) in [7, 11) is 1.52. The monoisotopic (exact) mass is 360 g/mol. The summed E-state index contributed by atoms with van der Waals surface area (Å²) in [6.07, 6.45) is 2.45. The van der Waals surface area contributed by atoms with E-state index >= 15 is 0 Å². The normalized spacial score (nSPS) is 10.7. The molecule has 26 heavy (non-hydrogen) atoms. The largest absolute Gasteiger partial charge is 0.489 e. The first kappa shape index (κ1) is 19.1. The van der Waals surface area contributed by atoms with Gasteiger partial charge >= 0.3 is 0 Å². The molecule has 0 heterocycles. The molecule has 0 atom stereocenters. The van der Waals surface area contributed by atoms with Crippen LogP contribution in [-0.2, 0) is 9.53 Å². The maximum Gasteiger partial charge on any atom is 0.276 e. The summed E-state index contributed by atoms with van der Waals surface area (Å²) in [5.41, 5.74) is 0.313. The fourth-order valence-corrected chi connectivity index (χ4v) is 2.10. The van der Waals surface area contributed by atoms with E-state index in [1.165, 1.54) is 43.5 Å². The molecule has 8 heteroatoms. The number of carbonyl (C=O) groups excluding carboxylic acids is 1. The molecule has 0 bridgehead atoms. The first-order chi connectivity index (χ1) is 12.5. The van der Waals surface area contributed by atoms with Gasteiger partial charge in [0.15, 0.2) is 0 Å². The van der Waals surface area contributed by atoms with E-state index in [0.717, 1.165) is 12.1 Å².